The average Bonchev–Trinajstić information content (AvgIpc) is 3.80. The van der Waals surface area contributed by atoms with E-state index in [0.717, 1.165) is 13.1 Å². The number of amides is 1. The highest BCUT2D eigenvalue weighted by molar-refractivity contribution is 5.70. The lowest BCUT2D eigenvalue weighted by atomic mass is 9.88. The first kappa shape index (κ1) is 40.1. The minimum absolute atomic E-state index is 0.0150. The summed E-state index contributed by atoms with van der Waals surface area (Å²) >= 11 is 0. The quantitative estimate of drug-likeness (QED) is 0.104. The maximum Gasteiger partial charge on any atom is 0.410 e. The van der Waals surface area contributed by atoms with E-state index < -0.39 is 47.7 Å². The largest absolute Gasteiger partial charge is 0.457 e. The van der Waals surface area contributed by atoms with Gasteiger partial charge in [0, 0.05) is 51.5 Å². The van der Waals surface area contributed by atoms with Crippen molar-refractivity contribution in [1.29, 1.82) is 0 Å². The summed E-state index contributed by atoms with van der Waals surface area (Å²) in [6.45, 7) is 14.9. The molecule has 1 amide bonds. The predicted molar refractivity (Wildman–Crippen MR) is 181 cm³/mol. The Morgan fingerprint density at radius 3 is 2.65 bits per heavy atom. The monoisotopic (exact) mass is 680 g/mol. The Balaban J connectivity index is 1.71. The third-order valence-electron chi connectivity index (χ3n) is 9.76. The number of aliphatic hydroxyl groups is 4. The number of aliphatic hydroxyl groups excluding tert-OH is 2. The van der Waals surface area contributed by atoms with E-state index in [4.69, 9.17) is 18.9 Å². The van der Waals surface area contributed by atoms with Crippen molar-refractivity contribution >= 4 is 12.1 Å². The molecule has 48 heavy (non-hydrogen) atoms. The summed E-state index contributed by atoms with van der Waals surface area (Å²) < 4.78 is 22.8. The van der Waals surface area contributed by atoms with E-state index in [1.165, 1.54) is 4.90 Å². The molecule has 0 radical (unpaired) electrons. The Kier molecular flexibility index (Phi) is 15.1. The molecule has 274 valence electrons. The predicted octanol–water partition coefficient (Wildman–Crippen LogP) is 2.97. The Labute approximate surface area is 286 Å². The number of rotatable bonds is 12. The van der Waals surface area contributed by atoms with Gasteiger partial charge in [-0.2, -0.15) is 0 Å². The molecular weight excluding hydrogens is 620 g/mol. The summed E-state index contributed by atoms with van der Waals surface area (Å²) in [6, 6.07) is 0. The topological polar surface area (TPSA) is 162 Å². The number of hydrogen-bond acceptors (Lipinski definition) is 11. The number of esters is 1. The minimum Gasteiger partial charge on any atom is -0.457 e. The molecule has 2 fully saturated rings. The van der Waals surface area contributed by atoms with Crippen LogP contribution in [0.1, 0.15) is 73.6 Å². The van der Waals surface area contributed by atoms with E-state index in [-0.39, 0.29) is 43.3 Å². The first-order chi connectivity index (χ1) is 22.5. The molecule has 3 heterocycles. The van der Waals surface area contributed by atoms with Crippen molar-refractivity contribution in [2.75, 3.05) is 46.4 Å². The van der Waals surface area contributed by atoms with Gasteiger partial charge in [0.2, 0.25) is 0 Å². The molecule has 3 aliphatic heterocycles. The van der Waals surface area contributed by atoms with E-state index in [0.29, 0.717) is 44.7 Å². The van der Waals surface area contributed by atoms with Crippen LogP contribution in [-0.2, 0) is 23.7 Å². The number of epoxide rings is 1. The number of nitrogens with zero attached hydrogens (tertiary/aromatic N) is 2. The van der Waals surface area contributed by atoms with Gasteiger partial charge in [0.05, 0.1) is 49.7 Å². The van der Waals surface area contributed by atoms with Crippen molar-refractivity contribution in [3.8, 4) is 0 Å². The van der Waals surface area contributed by atoms with E-state index >= 15 is 0 Å². The lowest BCUT2D eigenvalue weighted by Crippen LogP contribution is -2.46. The number of allylic oxidation sites excluding steroid dienone is 2. The molecule has 12 heteroatoms. The van der Waals surface area contributed by atoms with Crippen LogP contribution in [0.2, 0.25) is 0 Å². The van der Waals surface area contributed by atoms with Crippen LogP contribution in [0.4, 0.5) is 4.79 Å². The van der Waals surface area contributed by atoms with Crippen LogP contribution in [0.5, 0.6) is 0 Å². The van der Waals surface area contributed by atoms with Crippen molar-refractivity contribution in [2.45, 2.75) is 121 Å². The fourth-order valence-corrected chi connectivity index (χ4v) is 6.21. The lowest BCUT2D eigenvalue weighted by Gasteiger charge is -2.34. The second-order valence-electron chi connectivity index (χ2n) is 14.4. The van der Waals surface area contributed by atoms with E-state index in [2.05, 4.69) is 4.90 Å². The third-order valence-corrected chi connectivity index (χ3v) is 9.76. The number of ether oxygens (including phenoxy) is 4. The molecule has 0 aromatic heterocycles. The van der Waals surface area contributed by atoms with Gasteiger partial charge < -0.3 is 44.3 Å². The minimum atomic E-state index is -1.51. The number of carbonyl (C=O) groups is 2. The Morgan fingerprint density at radius 2 is 1.98 bits per heavy atom. The highest BCUT2D eigenvalue weighted by Gasteiger charge is 2.47. The van der Waals surface area contributed by atoms with Gasteiger partial charge in [0.25, 0.3) is 0 Å². The number of morpholine rings is 1. The zero-order valence-electron chi connectivity index (χ0n) is 29.9. The summed E-state index contributed by atoms with van der Waals surface area (Å²) in [5.74, 6) is -0.973. The first-order valence-corrected chi connectivity index (χ1v) is 17.4. The molecule has 10 atom stereocenters. The fraction of sp³-hybridized carbons (Fsp3) is 0.778. The SMILES string of the molecule is CCC(O)C(C)C1OC1CC(C)(O)/C=C/C=C(\C)C1OC(=O)CC(O)CCC(C)(O)C(OC(=O)N(C)CCN2CCOCC2)/C=C/C1C. The van der Waals surface area contributed by atoms with Gasteiger partial charge in [-0.05, 0) is 51.7 Å². The highest BCUT2D eigenvalue weighted by Crippen LogP contribution is 2.37. The lowest BCUT2D eigenvalue weighted by molar-refractivity contribution is -0.151. The normalized spacial score (nSPS) is 34.2. The molecule has 4 N–H and O–H groups in total. The molecule has 3 aliphatic rings. The third kappa shape index (κ3) is 12.5. The van der Waals surface area contributed by atoms with Gasteiger partial charge >= 0.3 is 12.1 Å². The Morgan fingerprint density at radius 1 is 1.29 bits per heavy atom. The molecule has 2 saturated heterocycles. The van der Waals surface area contributed by atoms with Crippen molar-refractivity contribution in [3.05, 3.63) is 36.0 Å². The summed E-state index contributed by atoms with van der Waals surface area (Å²) in [7, 11) is 1.66. The van der Waals surface area contributed by atoms with Crippen LogP contribution in [0.15, 0.2) is 36.0 Å². The van der Waals surface area contributed by atoms with Gasteiger partial charge in [0.15, 0.2) is 6.10 Å². The Hall–Kier alpha value is -2.32. The van der Waals surface area contributed by atoms with Gasteiger partial charge in [0.1, 0.15) is 11.7 Å². The van der Waals surface area contributed by atoms with Crippen LogP contribution in [0, 0.1) is 11.8 Å². The van der Waals surface area contributed by atoms with E-state index in [9.17, 15) is 30.0 Å². The van der Waals surface area contributed by atoms with Crippen LogP contribution in [0.3, 0.4) is 0 Å². The van der Waals surface area contributed by atoms with Crippen molar-refractivity contribution in [2.24, 2.45) is 11.8 Å². The highest BCUT2D eigenvalue weighted by atomic mass is 16.6. The average molecular weight is 681 g/mol. The van der Waals surface area contributed by atoms with Gasteiger partial charge in [-0.1, -0.05) is 45.1 Å². The molecular formula is C36H60N2O10. The van der Waals surface area contributed by atoms with Gasteiger partial charge in [-0.25, -0.2) is 4.79 Å². The number of likely N-dealkylation sites (N-methyl/N-ethyl adjacent to an activating group) is 1. The maximum atomic E-state index is 13.1. The zero-order valence-corrected chi connectivity index (χ0v) is 29.9. The second-order valence-corrected chi connectivity index (χ2v) is 14.4. The molecule has 0 aliphatic carbocycles. The smallest absolute Gasteiger partial charge is 0.410 e. The zero-order chi connectivity index (χ0) is 35.6. The fourth-order valence-electron chi connectivity index (χ4n) is 6.21. The van der Waals surface area contributed by atoms with Crippen LogP contribution in [-0.4, -0.2) is 137 Å². The molecule has 12 nitrogen and oxygen atoms in total. The van der Waals surface area contributed by atoms with Crippen molar-refractivity contribution < 1.29 is 49.0 Å². The summed E-state index contributed by atoms with van der Waals surface area (Å²) in [6.07, 6.45) is 5.47. The Bertz CT molecular complexity index is 1130. The molecule has 10 unspecified atom stereocenters. The standard InChI is InChI=1S/C36H60N2O10/c1-8-28(40)26(4)33-29(46-33)23-35(5,43)14-9-10-24(2)32-25(3)11-12-30(36(6,44)15-13-27(39)22-31(41)48-32)47-34(42)37(7)16-17-38-18-20-45-21-19-38/h9-12,14,25-30,32-33,39-40,43-44H,8,13,15-23H2,1-7H3/b12-11+,14-9+,24-10+. The molecule has 0 aromatic carbocycles. The summed E-state index contributed by atoms with van der Waals surface area (Å²) in [5, 5.41) is 43.2. The van der Waals surface area contributed by atoms with Gasteiger partial charge in [-0.3, -0.25) is 9.69 Å². The number of carbonyl (C=O) groups excluding carboxylic acids is 2. The molecule has 0 bridgehead atoms. The first-order valence-electron chi connectivity index (χ1n) is 17.4. The van der Waals surface area contributed by atoms with Crippen LogP contribution >= 0.6 is 0 Å². The second kappa shape index (κ2) is 18.1. The van der Waals surface area contributed by atoms with E-state index in [1.807, 2.05) is 27.7 Å². The van der Waals surface area contributed by atoms with Gasteiger partial charge in [-0.15, -0.1) is 0 Å². The van der Waals surface area contributed by atoms with Crippen molar-refractivity contribution in [1.82, 2.24) is 9.80 Å². The number of hydrogen-bond donors (Lipinski definition) is 4. The van der Waals surface area contributed by atoms with Crippen LogP contribution < -0.4 is 0 Å². The van der Waals surface area contributed by atoms with Crippen molar-refractivity contribution in [3.63, 3.8) is 0 Å². The molecule has 0 spiro atoms. The maximum absolute atomic E-state index is 13.1. The van der Waals surface area contributed by atoms with E-state index in [1.54, 1.807) is 51.3 Å². The summed E-state index contributed by atoms with van der Waals surface area (Å²) in [5.41, 5.74) is -1.97. The number of cyclic esters (lactones) is 1. The summed E-state index contributed by atoms with van der Waals surface area (Å²) in [4.78, 5) is 29.7. The molecule has 3 rings (SSSR count). The molecule has 0 saturated carbocycles. The van der Waals surface area contributed by atoms with Crippen LogP contribution in [0.25, 0.3) is 0 Å². The molecule has 0 aromatic rings.